The van der Waals surface area contributed by atoms with Gasteiger partial charge in [0, 0.05) is 5.54 Å². The van der Waals surface area contributed by atoms with E-state index < -0.39 is 16.2 Å². The molecule has 0 aliphatic carbocycles. The molecule has 2 N–H and O–H groups in total. The first-order chi connectivity index (χ1) is 15.5. The number of hydrogen-bond donors (Lipinski definition) is 1. The van der Waals surface area contributed by atoms with E-state index in [0.29, 0.717) is 6.61 Å². The summed E-state index contributed by atoms with van der Waals surface area (Å²) in [6.07, 6.45) is 0.282. The van der Waals surface area contributed by atoms with E-state index in [-0.39, 0.29) is 4.49 Å². The molecule has 0 spiro atoms. The van der Waals surface area contributed by atoms with Crippen LogP contribution in [0, 0.1) is 0 Å². The molecule has 0 bridgehead atoms. The average Bonchev–Trinajstić information content (AvgIpc) is 2.78. The molecule has 10 heteroatoms. The lowest BCUT2D eigenvalue weighted by molar-refractivity contribution is 0.163. The van der Waals surface area contributed by atoms with Gasteiger partial charge in [-0.05, 0) is 39.2 Å². The summed E-state index contributed by atoms with van der Waals surface area (Å²) in [7, 11) is -2.04. The zero-order valence-corrected chi connectivity index (χ0v) is 21.3. The number of halogens is 3. The fourth-order valence-corrected chi connectivity index (χ4v) is 2.81. The third-order valence-electron chi connectivity index (χ3n) is 4.06. The van der Waals surface area contributed by atoms with Gasteiger partial charge in [0.05, 0.1) is 20.0 Å². The summed E-state index contributed by atoms with van der Waals surface area (Å²) in [6, 6.07) is 21.9. The largest absolute Gasteiger partial charge is 0.450 e. The lowest BCUT2D eigenvalue weighted by Crippen LogP contribution is -2.11. The van der Waals surface area contributed by atoms with Crippen LogP contribution in [0.15, 0.2) is 70.7 Å². The Labute approximate surface area is 208 Å². The Morgan fingerprint density at radius 3 is 1.36 bits per heavy atom. The second-order valence-corrected chi connectivity index (χ2v) is 9.28. The Balaban J connectivity index is 0.000000269. The van der Waals surface area contributed by atoms with Crippen LogP contribution >= 0.6 is 34.8 Å². The number of primary amides is 1. The monoisotopic (exact) mass is 531 g/mol. The van der Waals surface area contributed by atoms with Gasteiger partial charge in [-0.15, -0.1) is 0 Å². The summed E-state index contributed by atoms with van der Waals surface area (Å²) in [5, 5.41) is 8.14. The summed E-state index contributed by atoms with van der Waals surface area (Å²) >= 11 is 14.8. The van der Waals surface area contributed by atoms with Crippen LogP contribution in [0.4, 0.5) is 4.79 Å². The molecule has 0 aromatic heterocycles. The molecule has 0 unspecified atom stereocenters. The van der Waals surface area contributed by atoms with Crippen molar-refractivity contribution < 1.29 is 22.1 Å². The molecule has 0 aliphatic rings. The Morgan fingerprint density at radius 2 is 1.21 bits per heavy atom. The SMILES string of the molecule is CCOC(N)=O.COS(C)(=O)=O.ClC=C(Cl)Cl.c1cc2ccc3cccc4ccc(c1)c2c34. The van der Waals surface area contributed by atoms with Crippen LogP contribution in [-0.4, -0.2) is 34.5 Å². The van der Waals surface area contributed by atoms with Gasteiger partial charge in [-0.25, -0.2) is 4.79 Å². The van der Waals surface area contributed by atoms with Gasteiger partial charge < -0.3 is 10.5 Å². The van der Waals surface area contributed by atoms with E-state index in [2.05, 4.69) is 75.3 Å². The maximum atomic E-state index is 9.78. The number of rotatable bonds is 2. The lowest BCUT2D eigenvalue weighted by Gasteiger charge is -2.09. The number of benzene rings is 4. The molecule has 4 aromatic carbocycles. The topological polar surface area (TPSA) is 95.7 Å². The highest BCUT2D eigenvalue weighted by Gasteiger charge is 2.05. The van der Waals surface area contributed by atoms with E-state index in [1.165, 1.54) is 32.3 Å². The number of hydrogen-bond acceptors (Lipinski definition) is 5. The van der Waals surface area contributed by atoms with Crippen LogP contribution in [-0.2, 0) is 19.0 Å². The molecule has 0 heterocycles. The number of ether oxygens (including phenoxy) is 1. The van der Waals surface area contributed by atoms with Gasteiger partial charge in [0.2, 0.25) is 0 Å². The van der Waals surface area contributed by atoms with Crippen molar-refractivity contribution in [1.29, 1.82) is 0 Å². The molecule has 0 fully saturated rings. The number of nitrogens with two attached hydrogens (primary N) is 1. The maximum absolute atomic E-state index is 9.78. The summed E-state index contributed by atoms with van der Waals surface area (Å²) in [4.78, 5) is 9.60. The van der Waals surface area contributed by atoms with Crippen molar-refractivity contribution in [3.63, 3.8) is 0 Å². The second kappa shape index (κ2) is 14.1. The van der Waals surface area contributed by atoms with Crippen molar-refractivity contribution >= 4 is 83.3 Å². The summed E-state index contributed by atoms with van der Waals surface area (Å²) in [5.41, 5.74) is 5.63. The molecule has 6 nitrogen and oxygen atoms in total. The third kappa shape index (κ3) is 10.0. The normalized spacial score (nSPS) is 10.2. The van der Waals surface area contributed by atoms with Crippen molar-refractivity contribution in [2.24, 2.45) is 5.73 Å². The molecule has 0 radical (unpaired) electrons. The van der Waals surface area contributed by atoms with E-state index in [4.69, 9.17) is 34.8 Å². The zero-order valence-electron chi connectivity index (χ0n) is 18.2. The predicted molar refractivity (Wildman–Crippen MR) is 139 cm³/mol. The highest BCUT2D eigenvalue weighted by molar-refractivity contribution is 7.85. The molecule has 0 saturated heterocycles. The van der Waals surface area contributed by atoms with E-state index in [1.54, 1.807) is 6.92 Å². The van der Waals surface area contributed by atoms with Crippen LogP contribution < -0.4 is 5.73 Å². The van der Waals surface area contributed by atoms with Crippen LogP contribution in [0.1, 0.15) is 6.92 Å². The van der Waals surface area contributed by atoms with Crippen molar-refractivity contribution in [3.8, 4) is 0 Å². The smallest absolute Gasteiger partial charge is 0.404 e. The highest BCUT2D eigenvalue weighted by Crippen LogP contribution is 2.33. The van der Waals surface area contributed by atoms with Crippen molar-refractivity contribution in [3.05, 3.63) is 70.7 Å². The van der Waals surface area contributed by atoms with Gasteiger partial charge in [-0.1, -0.05) is 95.5 Å². The van der Waals surface area contributed by atoms with Crippen LogP contribution in [0.2, 0.25) is 0 Å². The number of amides is 1. The minimum Gasteiger partial charge on any atom is -0.450 e. The molecule has 0 aliphatic heterocycles. The summed E-state index contributed by atoms with van der Waals surface area (Å²) < 4.78 is 27.7. The van der Waals surface area contributed by atoms with E-state index in [9.17, 15) is 13.2 Å². The average molecular weight is 533 g/mol. The van der Waals surface area contributed by atoms with Gasteiger partial charge in [0.25, 0.3) is 10.1 Å². The van der Waals surface area contributed by atoms with E-state index >= 15 is 0 Å². The first kappa shape index (κ1) is 28.7. The van der Waals surface area contributed by atoms with Crippen molar-refractivity contribution in [2.75, 3.05) is 20.0 Å². The maximum Gasteiger partial charge on any atom is 0.404 e. The van der Waals surface area contributed by atoms with E-state index in [0.717, 1.165) is 18.9 Å². The second-order valence-electron chi connectivity index (χ2n) is 6.31. The van der Waals surface area contributed by atoms with E-state index in [1.807, 2.05) is 0 Å². The molecule has 4 rings (SSSR count). The summed E-state index contributed by atoms with van der Waals surface area (Å²) in [6.45, 7) is 2.06. The fourth-order valence-electron chi connectivity index (χ4n) is 2.81. The fraction of sp³-hybridized carbons (Fsp3) is 0.174. The predicted octanol–water partition coefficient (Wildman–Crippen LogP) is 6.78. The molecular weight excluding hydrogens is 509 g/mol. The zero-order chi connectivity index (χ0) is 25.0. The van der Waals surface area contributed by atoms with Crippen molar-refractivity contribution in [1.82, 2.24) is 0 Å². The molecule has 0 saturated carbocycles. The van der Waals surface area contributed by atoms with Crippen LogP contribution in [0.5, 0.6) is 0 Å². The van der Waals surface area contributed by atoms with Crippen LogP contribution in [0.25, 0.3) is 32.3 Å². The van der Waals surface area contributed by atoms with Gasteiger partial charge in [0.15, 0.2) is 0 Å². The molecule has 4 aromatic rings. The standard InChI is InChI=1S/C16H10.C3H7NO2.C2HCl3.C2H6O3S/c1-3-11-7-9-13-5-2-6-14-10-8-12(4-1)15(11)16(13)14;1-2-6-3(4)5;3-1-2(4)5;1-5-6(2,3)4/h1-10H;2H2,1H3,(H2,4,5);1H;1-2H3. The molecule has 1 amide bonds. The van der Waals surface area contributed by atoms with Gasteiger partial charge >= 0.3 is 6.09 Å². The minimum atomic E-state index is -3.16. The Morgan fingerprint density at radius 1 is 0.909 bits per heavy atom. The van der Waals surface area contributed by atoms with Crippen molar-refractivity contribution in [2.45, 2.75) is 6.92 Å². The molecule has 33 heavy (non-hydrogen) atoms. The number of carbonyl (C=O) groups is 1. The Bertz CT molecular complexity index is 1180. The molecule has 178 valence electrons. The van der Waals surface area contributed by atoms with Crippen LogP contribution in [0.3, 0.4) is 0 Å². The Hall–Kier alpha value is -2.29. The first-order valence-corrected chi connectivity index (χ1v) is 12.5. The third-order valence-corrected chi connectivity index (χ3v) is 5.33. The highest BCUT2D eigenvalue weighted by atomic mass is 35.5. The summed E-state index contributed by atoms with van der Waals surface area (Å²) in [5.74, 6) is 0. The van der Waals surface area contributed by atoms with Gasteiger partial charge in [-0.3, -0.25) is 4.18 Å². The molecule has 0 atom stereocenters. The Kier molecular flexibility index (Phi) is 12.3. The minimum absolute atomic E-state index is 0.0895. The molecular formula is C23H24Cl3NO5S. The first-order valence-electron chi connectivity index (χ1n) is 9.45. The van der Waals surface area contributed by atoms with Gasteiger partial charge in [-0.2, -0.15) is 8.42 Å². The quantitative estimate of drug-likeness (QED) is 0.227. The number of carbonyl (C=O) groups excluding carboxylic acids is 1. The van der Waals surface area contributed by atoms with Gasteiger partial charge in [0.1, 0.15) is 4.49 Å². The lowest BCUT2D eigenvalue weighted by atomic mass is 9.95.